The van der Waals surface area contributed by atoms with Crippen molar-refractivity contribution in [2.24, 2.45) is 11.7 Å². The molecule has 96 valence electrons. The molecule has 4 heteroatoms. The molecule has 0 fully saturated rings. The smallest absolute Gasteiger partial charge is 0.133 e. The molecule has 0 spiro atoms. The Hall–Kier alpha value is -0.580. The molecule has 1 atom stereocenters. The summed E-state index contributed by atoms with van der Waals surface area (Å²) in [6.07, 6.45) is 1.07. The third-order valence-electron chi connectivity index (χ3n) is 2.70. The lowest BCUT2D eigenvalue weighted by atomic mass is 10.1. The molecule has 0 saturated heterocycles. The van der Waals surface area contributed by atoms with Gasteiger partial charge in [-0.2, -0.15) is 0 Å². The molecule has 0 aliphatic rings. The predicted octanol–water partition coefficient (Wildman–Crippen LogP) is 2.53. The zero-order valence-corrected chi connectivity index (χ0v) is 12.1. The Bertz CT molecular complexity index is 344. The highest BCUT2D eigenvalue weighted by molar-refractivity contribution is 9.10. The third kappa shape index (κ3) is 5.06. The van der Waals surface area contributed by atoms with Crippen molar-refractivity contribution in [1.29, 1.82) is 0 Å². The molecule has 0 aromatic heterocycles. The van der Waals surface area contributed by atoms with Gasteiger partial charge in [0.15, 0.2) is 0 Å². The summed E-state index contributed by atoms with van der Waals surface area (Å²) in [4.78, 5) is 0. The van der Waals surface area contributed by atoms with Gasteiger partial charge in [0.2, 0.25) is 0 Å². The number of methoxy groups -OCH3 is 1. The largest absolute Gasteiger partial charge is 0.496 e. The monoisotopic (exact) mass is 300 g/mol. The molecule has 3 N–H and O–H groups in total. The number of hydrogen-bond donors (Lipinski definition) is 2. The van der Waals surface area contributed by atoms with Crippen molar-refractivity contribution in [2.75, 3.05) is 20.2 Å². The maximum absolute atomic E-state index is 5.52. The fourth-order valence-electron chi connectivity index (χ4n) is 1.67. The van der Waals surface area contributed by atoms with Crippen LogP contribution in [0.4, 0.5) is 0 Å². The number of halogens is 1. The molecule has 0 amide bonds. The molecular weight excluding hydrogens is 280 g/mol. The maximum Gasteiger partial charge on any atom is 0.133 e. The zero-order valence-electron chi connectivity index (χ0n) is 10.5. The summed E-state index contributed by atoms with van der Waals surface area (Å²) in [5, 5.41) is 3.43. The van der Waals surface area contributed by atoms with E-state index >= 15 is 0 Å². The van der Waals surface area contributed by atoms with Crippen molar-refractivity contribution in [3.8, 4) is 5.75 Å². The summed E-state index contributed by atoms with van der Waals surface area (Å²) in [5.74, 6) is 1.49. The van der Waals surface area contributed by atoms with Gasteiger partial charge >= 0.3 is 0 Å². The van der Waals surface area contributed by atoms with Crippen LogP contribution >= 0.6 is 15.9 Å². The molecule has 1 aromatic carbocycles. The van der Waals surface area contributed by atoms with Crippen LogP contribution in [0.25, 0.3) is 0 Å². The van der Waals surface area contributed by atoms with Crippen LogP contribution in [0.3, 0.4) is 0 Å². The van der Waals surface area contributed by atoms with Gasteiger partial charge in [0.1, 0.15) is 5.75 Å². The van der Waals surface area contributed by atoms with Gasteiger partial charge in [0.25, 0.3) is 0 Å². The van der Waals surface area contributed by atoms with Crippen LogP contribution in [0.5, 0.6) is 5.75 Å². The lowest BCUT2D eigenvalue weighted by molar-refractivity contribution is 0.412. The van der Waals surface area contributed by atoms with Gasteiger partial charge in [-0.25, -0.2) is 0 Å². The Morgan fingerprint density at radius 3 is 2.82 bits per heavy atom. The molecule has 1 aromatic rings. The summed E-state index contributed by atoms with van der Waals surface area (Å²) >= 11 is 3.48. The Labute approximate surface area is 112 Å². The molecule has 0 bridgehead atoms. The normalized spacial score (nSPS) is 12.5. The molecule has 0 aliphatic heterocycles. The molecule has 1 unspecified atom stereocenters. The first kappa shape index (κ1) is 14.5. The topological polar surface area (TPSA) is 47.3 Å². The van der Waals surface area contributed by atoms with Crippen molar-refractivity contribution in [3.05, 3.63) is 28.2 Å². The van der Waals surface area contributed by atoms with Crippen LogP contribution in [-0.4, -0.2) is 20.2 Å². The van der Waals surface area contributed by atoms with Crippen LogP contribution in [-0.2, 0) is 6.54 Å². The van der Waals surface area contributed by atoms with E-state index in [1.54, 1.807) is 7.11 Å². The molecule has 3 nitrogen and oxygen atoms in total. The number of ether oxygens (including phenoxy) is 1. The van der Waals surface area contributed by atoms with Crippen LogP contribution < -0.4 is 15.8 Å². The van der Waals surface area contributed by atoms with Crippen LogP contribution in [0.2, 0.25) is 0 Å². The van der Waals surface area contributed by atoms with Crippen LogP contribution in [0.15, 0.2) is 22.7 Å². The van der Waals surface area contributed by atoms with Crippen LogP contribution in [0, 0.1) is 5.92 Å². The van der Waals surface area contributed by atoms with Gasteiger partial charge in [0.05, 0.1) is 11.6 Å². The summed E-state index contributed by atoms with van der Waals surface area (Å²) in [5.41, 5.74) is 6.76. The standard InChI is InChI=1S/C13H21BrN2O/c1-10(5-6-15)8-16-9-11-3-4-13(17-2)12(14)7-11/h3-4,7,10,16H,5-6,8-9,15H2,1-2H3. The first-order valence-electron chi connectivity index (χ1n) is 5.90. The molecule has 0 saturated carbocycles. The van der Waals surface area contributed by atoms with Crippen molar-refractivity contribution >= 4 is 15.9 Å². The second kappa shape index (κ2) is 7.69. The molecule has 17 heavy (non-hydrogen) atoms. The number of nitrogens with two attached hydrogens (primary N) is 1. The Balaban J connectivity index is 2.39. The zero-order chi connectivity index (χ0) is 12.7. The summed E-state index contributed by atoms with van der Waals surface area (Å²) < 4.78 is 6.19. The van der Waals surface area contributed by atoms with E-state index in [2.05, 4.69) is 40.3 Å². The maximum atomic E-state index is 5.52. The first-order valence-corrected chi connectivity index (χ1v) is 6.70. The van der Waals surface area contributed by atoms with Gasteiger partial charge in [-0.05, 0) is 59.1 Å². The van der Waals surface area contributed by atoms with E-state index in [0.29, 0.717) is 5.92 Å². The average molecular weight is 301 g/mol. The van der Waals surface area contributed by atoms with E-state index in [4.69, 9.17) is 10.5 Å². The van der Waals surface area contributed by atoms with Crippen molar-refractivity contribution < 1.29 is 4.74 Å². The fraction of sp³-hybridized carbons (Fsp3) is 0.538. The van der Waals surface area contributed by atoms with Gasteiger partial charge < -0.3 is 15.8 Å². The minimum Gasteiger partial charge on any atom is -0.496 e. The fourth-order valence-corrected chi connectivity index (χ4v) is 2.26. The molecular formula is C13H21BrN2O. The SMILES string of the molecule is COc1ccc(CNCC(C)CCN)cc1Br. The number of nitrogens with one attached hydrogen (secondary N) is 1. The highest BCUT2D eigenvalue weighted by Gasteiger charge is 2.03. The summed E-state index contributed by atoms with van der Waals surface area (Å²) in [6, 6.07) is 6.13. The van der Waals surface area contributed by atoms with Crippen molar-refractivity contribution in [2.45, 2.75) is 19.9 Å². The van der Waals surface area contributed by atoms with Crippen LogP contribution in [0.1, 0.15) is 18.9 Å². The minimum atomic E-state index is 0.627. The number of rotatable bonds is 7. The second-order valence-electron chi connectivity index (χ2n) is 4.28. The Morgan fingerprint density at radius 2 is 2.24 bits per heavy atom. The molecule has 0 radical (unpaired) electrons. The van der Waals surface area contributed by atoms with Gasteiger partial charge in [-0.15, -0.1) is 0 Å². The highest BCUT2D eigenvalue weighted by atomic mass is 79.9. The average Bonchev–Trinajstić information content (AvgIpc) is 2.29. The first-order chi connectivity index (χ1) is 8.17. The predicted molar refractivity (Wildman–Crippen MR) is 75.2 cm³/mol. The van der Waals surface area contributed by atoms with Gasteiger partial charge in [-0.3, -0.25) is 0 Å². The van der Waals surface area contributed by atoms with E-state index in [0.717, 1.165) is 36.3 Å². The van der Waals surface area contributed by atoms with E-state index in [1.165, 1.54) is 5.56 Å². The van der Waals surface area contributed by atoms with Gasteiger partial charge in [-0.1, -0.05) is 13.0 Å². The molecule has 0 heterocycles. The summed E-state index contributed by atoms with van der Waals surface area (Å²) in [7, 11) is 1.67. The molecule has 1 rings (SSSR count). The van der Waals surface area contributed by atoms with Gasteiger partial charge in [0, 0.05) is 6.54 Å². The third-order valence-corrected chi connectivity index (χ3v) is 3.32. The summed E-state index contributed by atoms with van der Waals surface area (Å²) in [6.45, 7) is 4.85. The van der Waals surface area contributed by atoms with E-state index in [-0.39, 0.29) is 0 Å². The number of hydrogen-bond acceptors (Lipinski definition) is 3. The second-order valence-corrected chi connectivity index (χ2v) is 5.14. The molecule has 0 aliphatic carbocycles. The lowest BCUT2D eigenvalue weighted by Gasteiger charge is -2.12. The Morgan fingerprint density at radius 1 is 1.47 bits per heavy atom. The van der Waals surface area contributed by atoms with Crippen molar-refractivity contribution in [1.82, 2.24) is 5.32 Å². The quantitative estimate of drug-likeness (QED) is 0.813. The van der Waals surface area contributed by atoms with E-state index in [9.17, 15) is 0 Å². The van der Waals surface area contributed by atoms with E-state index < -0.39 is 0 Å². The highest BCUT2D eigenvalue weighted by Crippen LogP contribution is 2.25. The van der Waals surface area contributed by atoms with Crippen molar-refractivity contribution in [3.63, 3.8) is 0 Å². The number of benzene rings is 1. The Kier molecular flexibility index (Phi) is 6.55. The van der Waals surface area contributed by atoms with E-state index in [1.807, 2.05) is 6.07 Å². The minimum absolute atomic E-state index is 0.627. The lowest BCUT2D eigenvalue weighted by Crippen LogP contribution is -2.22.